The normalized spacial score (nSPS) is 10.2. The number of ether oxygens (including phenoxy) is 1. The molecule has 0 unspecified atom stereocenters. The molecule has 1 aromatic heterocycles. The van der Waals surface area contributed by atoms with E-state index in [0.29, 0.717) is 11.7 Å². The summed E-state index contributed by atoms with van der Waals surface area (Å²) in [5, 5.41) is 3.82. The average molecular weight is 290 g/mol. The summed E-state index contributed by atoms with van der Waals surface area (Å²) in [6, 6.07) is 11.5. The Kier molecular flexibility index (Phi) is 4.63. The van der Waals surface area contributed by atoms with Crippen LogP contribution in [0.4, 0.5) is 5.69 Å². The zero-order chi connectivity index (χ0) is 14.5. The summed E-state index contributed by atoms with van der Waals surface area (Å²) in [5.74, 6) is 2.62. The lowest BCUT2D eigenvalue weighted by Gasteiger charge is -2.20. The maximum atomic E-state index is 5.54. The monoisotopic (exact) mass is 290 g/mol. The second kappa shape index (κ2) is 6.43. The minimum absolute atomic E-state index is 0.635. The van der Waals surface area contributed by atoms with Crippen LogP contribution in [0.15, 0.2) is 40.8 Å². The van der Waals surface area contributed by atoms with Crippen molar-refractivity contribution in [1.82, 2.24) is 4.90 Å². The Morgan fingerprint density at radius 3 is 2.50 bits per heavy atom. The summed E-state index contributed by atoms with van der Waals surface area (Å²) in [5.41, 5.74) is 0.929. The van der Waals surface area contributed by atoms with Gasteiger partial charge in [-0.3, -0.25) is 0 Å². The van der Waals surface area contributed by atoms with Crippen LogP contribution in [-0.4, -0.2) is 24.2 Å². The first-order valence-corrected chi connectivity index (χ1v) is 6.71. The highest BCUT2D eigenvalue weighted by Crippen LogP contribution is 2.16. The number of rotatable bonds is 4. The van der Waals surface area contributed by atoms with Crippen LogP contribution in [0.25, 0.3) is 0 Å². The second-order valence-electron chi connectivity index (χ2n) is 4.53. The molecule has 20 heavy (non-hydrogen) atoms. The Balaban J connectivity index is 1.93. The largest absolute Gasteiger partial charge is 0.497 e. The summed E-state index contributed by atoms with van der Waals surface area (Å²) in [7, 11) is 3.57. The molecule has 2 aromatic rings. The van der Waals surface area contributed by atoms with Gasteiger partial charge in [0.25, 0.3) is 0 Å². The Bertz CT molecular complexity index is 578. The molecule has 0 fully saturated rings. The van der Waals surface area contributed by atoms with Gasteiger partial charge in [-0.05, 0) is 55.5 Å². The predicted molar refractivity (Wildman–Crippen MR) is 84.1 cm³/mol. The van der Waals surface area contributed by atoms with Gasteiger partial charge in [-0.15, -0.1) is 0 Å². The van der Waals surface area contributed by atoms with E-state index in [0.717, 1.165) is 23.0 Å². The van der Waals surface area contributed by atoms with Crippen molar-refractivity contribution in [2.45, 2.75) is 13.5 Å². The van der Waals surface area contributed by atoms with Gasteiger partial charge in [0.1, 0.15) is 17.3 Å². The van der Waals surface area contributed by atoms with E-state index in [1.165, 1.54) is 0 Å². The number of methoxy groups -OCH3 is 1. The van der Waals surface area contributed by atoms with E-state index in [4.69, 9.17) is 21.4 Å². The van der Waals surface area contributed by atoms with Crippen LogP contribution in [0.2, 0.25) is 0 Å². The van der Waals surface area contributed by atoms with Crippen LogP contribution >= 0.6 is 12.2 Å². The van der Waals surface area contributed by atoms with Gasteiger partial charge in [-0.25, -0.2) is 0 Å². The molecular weight excluding hydrogens is 272 g/mol. The number of aryl methyl sites for hydroxylation is 1. The van der Waals surface area contributed by atoms with Gasteiger partial charge >= 0.3 is 0 Å². The van der Waals surface area contributed by atoms with Crippen molar-refractivity contribution in [2.75, 3.05) is 19.5 Å². The molecule has 1 aromatic carbocycles. The summed E-state index contributed by atoms with van der Waals surface area (Å²) in [6.07, 6.45) is 0. The van der Waals surface area contributed by atoms with E-state index < -0.39 is 0 Å². The maximum absolute atomic E-state index is 5.54. The van der Waals surface area contributed by atoms with E-state index in [1.54, 1.807) is 7.11 Å². The van der Waals surface area contributed by atoms with Crippen LogP contribution < -0.4 is 10.1 Å². The lowest BCUT2D eigenvalue weighted by Crippen LogP contribution is -2.30. The highest BCUT2D eigenvalue weighted by molar-refractivity contribution is 7.80. The van der Waals surface area contributed by atoms with Crippen molar-refractivity contribution in [3.8, 4) is 5.75 Å². The zero-order valence-corrected chi connectivity index (χ0v) is 12.7. The highest BCUT2D eigenvalue weighted by atomic mass is 32.1. The fourth-order valence-electron chi connectivity index (χ4n) is 1.77. The predicted octanol–water partition coefficient (Wildman–Crippen LogP) is 3.43. The fourth-order valence-corrected chi connectivity index (χ4v) is 1.95. The van der Waals surface area contributed by atoms with Gasteiger partial charge in [0.05, 0.1) is 13.7 Å². The number of furan rings is 1. The van der Waals surface area contributed by atoms with Crippen molar-refractivity contribution < 1.29 is 9.15 Å². The quantitative estimate of drug-likeness (QED) is 0.873. The molecule has 2 rings (SSSR count). The van der Waals surface area contributed by atoms with Gasteiger partial charge in [0.15, 0.2) is 5.11 Å². The van der Waals surface area contributed by atoms with Gasteiger partial charge in [-0.1, -0.05) is 0 Å². The lowest BCUT2D eigenvalue weighted by molar-refractivity contribution is 0.403. The zero-order valence-electron chi connectivity index (χ0n) is 11.8. The average Bonchev–Trinajstić information content (AvgIpc) is 2.85. The minimum atomic E-state index is 0.635. The van der Waals surface area contributed by atoms with Crippen LogP contribution in [0, 0.1) is 6.92 Å². The van der Waals surface area contributed by atoms with Crippen molar-refractivity contribution in [2.24, 2.45) is 0 Å². The van der Waals surface area contributed by atoms with E-state index in [9.17, 15) is 0 Å². The number of nitrogens with zero attached hydrogens (tertiary/aromatic N) is 1. The first kappa shape index (κ1) is 14.4. The number of anilines is 1. The minimum Gasteiger partial charge on any atom is -0.497 e. The summed E-state index contributed by atoms with van der Waals surface area (Å²) in [6.45, 7) is 2.56. The topological polar surface area (TPSA) is 37.6 Å². The summed E-state index contributed by atoms with van der Waals surface area (Å²) in [4.78, 5) is 1.93. The molecule has 0 amide bonds. The molecule has 0 aliphatic heterocycles. The third-order valence-electron chi connectivity index (χ3n) is 2.88. The molecule has 4 nitrogen and oxygen atoms in total. The van der Waals surface area contributed by atoms with Gasteiger partial charge in [0, 0.05) is 12.7 Å². The molecule has 1 heterocycles. The van der Waals surface area contributed by atoms with Crippen molar-refractivity contribution in [1.29, 1.82) is 0 Å². The number of hydrogen-bond acceptors (Lipinski definition) is 3. The van der Waals surface area contributed by atoms with Crippen molar-refractivity contribution >= 4 is 23.0 Å². The van der Waals surface area contributed by atoms with Crippen molar-refractivity contribution in [3.05, 3.63) is 47.9 Å². The van der Waals surface area contributed by atoms with E-state index in [-0.39, 0.29) is 0 Å². The SMILES string of the molecule is COc1ccc(NC(=S)N(C)Cc2ccc(C)o2)cc1. The Labute approximate surface area is 124 Å². The maximum Gasteiger partial charge on any atom is 0.173 e. The second-order valence-corrected chi connectivity index (χ2v) is 4.91. The number of hydrogen-bond donors (Lipinski definition) is 1. The molecule has 5 heteroatoms. The summed E-state index contributed by atoms with van der Waals surface area (Å²) >= 11 is 5.37. The first-order chi connectivity index (χ1) is 9.58. The summed E-state index contributed by atoms with van der Waals surface area (Å²) < 4.78 is 10.7. The fraction of sp³-hybridized carbons (Fsp3) is 0.267. The molecule has 0 radical (unpaired) electrons. The molecule has 1 N–H and O–H groups in total. The molecule has 0 saturated carbocycles. The van der Waals surface area contributed by atoms with Crippen LogP contribution in [0.1, 0.15) is 11.5 Å². The molecule has 0 aliphatic rings. The third kappa shape index (κ3) is 3.74. The molecule has 0 bridgehead atoms. The lowest BCUT2D eigenvalue weighted by atomic mass is 10.3. The Morgan fingerprint density at radius 2 is 1.95 bits per heavy atom. The van der Waals surface area contributed by atoms with Gasteiger partial charge in [-0.2, -0.15) is 0 Å². The first-order valence-electron chi connectivity index (χ1n) is 6.30. The van der Waals surface area contributed by atoms with Gasteiger partial charge < -0.3 is 19.4 Å². The molecule has 0 atom stereocenters. The highest BCUT2D eigenvalue weighted by Gasteiger charge is 2.08. The Hall–Kier alpha value is -2.01. The van der Waals surface area contributed by atoms with Crippen molar-refractivity contribution in [3.63, 3.8) is 0 Å². The molecule has 0 spiro atoms. The number of thiocarbonyl (C=S) groups is 1. The molecule has 0 aliphatic carbocycles. The van der Waals surface area contributed by atoms with E-state index >= 15 is 0 Å². The van der Waals surface area contributed by atoms with E-state index in [2.05, 4.69) is 5.32 Å². The van der Waals surface area contributed by atoms with Crippen LogP contribution in [0.3, 0.4) is 0 Å². The molecular formula is C15H18N2O2S. The van der Waals surface area contributed by atoms with Gasteiger partial charge in [0.2, 0.25) is 0 Å². The van der Waals surface area contributed by atoms with E-state index in [1.807, 2.05) is 55.3 Å². The Morgan fingerprint density at radius 1 is 1.25 bits per heavy atom. The molecule has 106 valence electrons. The number of benzene rings is 1. The third-order valence-corrected chi connectivity index (χ3v) is 3.29. The standard InChI is InChI=1S/C15H18N2O2S/c1-11-4-7-14(19-11)10-17(2)15(20)16-12-5-8-13(18-3)9-6-12/h4-9H,10H2,1-3H3,(H,16,20). The number of nitrogens with one attached hydrogen (secondary N) is 1. The van der Waals surface area contributed by atoms with Crippen LogP contribution in [0.5, 0.6) is 5.75 Å². The van der Waals surface area contributed by atoms with Crippen LogP contribution in [-0.2, 0) is 6.54 Å². The molecule has 0 saturated heterocycles. The smallest absolute Gasteiger partial charge is 0.173 e.